The van der Waals surface area contributed by atoms with E-state index in [0.717, 1.165) is 24.2 Å². The van der Waals surface area contributed by atoms with Gasteiger partial charge in [0, 0.05) is 44.8 Å². The van der Waals surface area contributed by atoms with Gasteiger partial charge in [-0.2, -0.15) is 0 Å². The van der Waals surface area contributed by atoms with Gasteiger partial charge in [-0.15, -0.1) is 0 Å². The molecule has 7 heteroatoms. The molecule has 1 aromatic rings. The minimum Gasteiger partial charge on any atom is -0.497 e. The highest BCUT2D eigenvalue weighted by Crippen LogP contribution is 2.24. The molecule has 2 aliphatic heterocycles. The van der Waals surface area contributed by atoms with Gasteiger partial charge in [0.05, 0.1) is 13.2 Å². The second kappa shape index (κ2) is 9.96. The average molecular weight is 404 g/mol. The van der Waals surface area contributed by atoms with E-state index in [1.54, 1.807) is 7.11 Å². The number of nitrogens with zero attached hydrogens (tertiary/aromatic N) is 2. The zero-order valence-corrected chi connectivity index (χ0v) is 17.7. The topological polar surface area (TPSA) is 71.1 Å². The largest absolute Gasteiger partial charge is 0.497 e. The predicted molar refractivity (Wildman–Crippen MR) is 111 cm³/mol. The third kappa shape index (κ3) is 5.63. The van der Waals surface area contributed by atoms with E-state index < -0.39 is 0 Å². The van der Waals surface area contributed by atoms with Crippen LogP contribution >= 0.6 is 0 Å². The average Bonchev–Trinajstić information content (AvgIpc) is 2.69. The van der Waals surface area contributed by atoms with E-state index >= 15 is 0 Å². The molecule has 3 rings (SSSR count). The zero-order valence-electron chi connectivity index (χ0n) is 17.7. The van der Waals surface area contributed by atoms with Gasteiger partial charge < -0.3 is 24.6 Å². The van der Waals surface area contributed by atoms with Crippen molar-refractivity contribution in [3.8, 4) is 5.75 Å². The van der Waals surface area contributed by atoms with Gasteiger partial charge >= 0.3 is 6.03 Å². The van der Waals surface area contributed by atoms with Crippen LogP contribution in [0.25, 0.3) is 0 Å². The molecule has 0 bridgehead atoms. The van der Waals surface area contributed by atoms with E-state index in [0.29, 0.717) is 39.1 Å². The molecule has 160 valence electrons. The summed E-state index contributed by atoms with van der Waals surface area (Å²) in [6.07, 6.45) is 2.90. The van der Waals surface area contributed by atoms with E-state index in [1.165, 1.54) is 0 Å². The van der Waals surface area contributed by atoms with Crippen LogP contribution in [0.2, 0.25) is 0 Å². The van der Waals surface area contributed by atoms with Crippen molar-refractivity contribution >= 4 is 11.9 Å². The number of hydrogen-bond donors (Lipinski definition) is 1. The molecule has 29 heavy (non-hydrogen) atoms. The number of methoxy groups -OCH3 is 1. The van der Waals surface area contributed by atoms with Gasteiger partial charge in [-0.05, 0) is 50.8 Å². The maximum Gasteiger partial charge on any atom is 0.318 e. The van der Waals surface area contributed by atoms with E-state index in [1.807, 2.05) is 47.9 Å². The van der Waals surface area contributed by atoms with Crippen LogP contribution in [0.1, 0.15) is 38.7 Å². The van der Waals surface area contributed by atoms with Crippen LogP contribution in [0.3, 0.4) is 0 Å². The van der Waals surface area contributed by atoms with Crippen molar-refractivity contribution in [1.82, 2.24) is 15.1 Å². The molecule has 2 aliphatic rings. The van der Waals surface area contributed by atoms with Gasteiger partial charge in [0.1, 0.15) is 5.75 Å². The molecule has 0 unspecified atom stereocenters. The number of carbonyl (C=O) groups excluding carboxylic acids is 2. The number of likely N-dealkylation sites (tertiary alicyclic amines) is 1. The van der Waals surface area contributed by atoms with Crippen molar-refractivity contribution in [1.29, 1.82) is 0 Å². The molecular formula is C22H33N3O4. The van der Waals surface area contributed by atoms with Crippen LogP contribution in [0.15, 0.2) is 24.3 Å². The summed E-state index contributed by atoms with van der Waals surface area (Å²) < 4.78 is 10.6. The zero-order chi connectivity index (χ0) is 20.8. The van der Waals surface area contributed by atoms with Crippen LogP contribution in [-0.2, 0) is 16.0 Å². The van der Waals surface area contributed by atoms with E-state index in [9.17, 15) is 9.59 Å². The number of amides is 3. The molecule has 0 aromatic heterocycles. The Morgan fingerprint density at radius 1 is 1.17 bits per heavy atom. The van der Waals surface area contributed by atoms with E-state index in [-0.39, 0.29) is 30.1 Å². The molecule has 2 heterocycles. The fourth-order valence-electron chi connectivity index (χ4n) is 3.95. The predicted octanol–water partition coefficient (Wildman–Crippen LogP) is 2.44. The first-order chi connectivity index (χ1) is 14.0. The molecule has 1 N–H and O–H groups in total. The first-order valence-electron chi connectivity index (χ1n) is 10.5. The van der Waals surface area contributed by atoms with Gasteiger partial charge in [0.2, 0.25) is 5.91 Å². The minimum atomic E-state index is -0.0257. The Balaban J connectivity index is 1.51. The molecule has 7 nitrogen and oxygen atoms in total. The summed E-state index contributed by atoms with van der Waals surface area (Å²) in [7, 11) is 1.64. The number of urea groups is 1. The normalized spacial score (nSPS) is 17.7. The number of aryl methyl sites for hydroxylation is 1. The molecule has 1 aromatic carbocycles. The maximum absolute atomic E-state index is 12.8. The van der Waals surface area contributed by atoms with Gasteiger partial charge in [0.25, 0.3) is 0 Å². The van der Waals surface area contributed by atoms with Crippen LogP contribution in [0, 0.1) is 0 Å². The van der Waals surface area contributed by atoms with Crippen molar-refractivity contribution in [2.24, 2.45) is 0 Å². The summed E-state index contributed by atoms with van der Waals surface area (Å²) in [6, 6.07) is 8.15. The molecule has 0 aliphatic carbocycles. The fourth-order valence-corrected chi connectivity index (χ4v) is 3.95. The lowest BCUT2D eigenvalue weighted by Gasteiger charge is -2.49. The molecule has 0 radical (unpaired) electrons. The maximum atomic E-state index is 12.8. The Labute approximate surface area is 173 Å². The second-order valence-electron chi connectivity index (χ2n) is 8.16. The van der Waals surface area contributed by atoms with Crippen molar-refractivity contribution in [3.63, 3.8) is 0 Å². The molecular weight excluding hydrogens is 370 g/mol. The number of nitrogens with one attached hydrogen (secondary N) is 1. The van der Waals surface area contributed by atoms with Crippen LogP contribution in [0.5, 0.6) is 5.75 Å². The van der Waals surface area contributed by atoms with Gasteiger partial charge in [0.15, 0.2) is 0 Å². The number of benzene rings is 1. The molecule has 2 saturated heterocycles. The van der Waals surface area contributed by atoms with Gasteiger partial charge in [-0.25, -0.2) is 4.79 Å². The van der Waals surface area contributed by atoms with Crippen molar-refractivity contribution in [2.75, 3.05) is 33.4 Å². The molecule has 2 fully saturated rings. The summed E-state index contributed by atoms with van der Waals surface area (Å²) >= 11 is 0. The standard InChI is InChI=1S/C22H33N3O4/c1-16(2)23-22(27)25(18-10-12-29-13-11-18)19-14-24(15-19)21(26)9-6-17-4-7-20(28-3)8-5-17/h4-5,7-8,16,18-19H,6,9-15H2,1-3H3,(H,23,27). The van der Waals surface area contributed by atoms with E-state index in [4.69, 9.17) is 9.47 Å². The third-order valence-electron chi connectivity index (χ3n) is 5.63. The Kier molecular flexibility index (Phi) is 7.36. The SMILES string of the molecule is COc1ccc(CCC(=O)N2CC(N(C(=O)NC(C)C)C3CCOCC3)C2)cc1. The highest BCUT2D eigenvalue weighted by molar-refractivity contribution is 5.79. The fraction of sp³-hybridized carbons (Fsp3) is 0.636. The lowest BCUT2D eigenvalue weighted by molar-refractivity contribution is -0.138. The van der Waals surface area contributed by atoms with Crippen LogP contribution in [-0.4, -0.2) is 73.3 Å². The lowest BCUT2D eigenvalue weighted by Crippen LogP contribution is -2.66. The van der Waals surface area contributed by atoms with Gasteiger partial charge in [-0.1, -0.05) is 12.1 Å². The lowest BCUT2D eigenvalue weighted by atomic mass is 9.99. The summed E-state index contributed by atoms with van der Waals surface area (Å²) in [4.78, 5) is 29.2. The highest BCUT2D eigenvalue weighted by atomic mass is 16.5. The Hall–Kier alpha value is -2.28. The third-order valence-corrected chi connectivity index (χ3v) is 5.63. The molecule has 3 amide bonds. The first-order valence-corrected chi connectivity index (χ1v) is 10.5. The first kappa shape index (κ1) is 21.4. The number of carbonyl (C=O) groups is 2. The van der Waals surface area contributed by atoms with Crippen LogP contribution in [0.4, 0.5) is 4.79 Å². The second-order valence-corrected chi connectivity index (χ2v) is 8.16. The van der Waals surface area contributed by atoms with E-state index in [2.05, 4.69) is 5.32 Å². The Morgan fingerprint density at radius 3 is 2.41 bits per heavy atom. The summed E-state index contributed by atoms with van der Waals surface area (Å²) in [5.74, 6) is 0.965. The summed E-state index contributed by atoms with van der Waals surface area (Å²) in [5, 5.41) is 3.02. The quantitative estimate of drug-likeness (QED) is 0.759. The van der Waals surface area contributed by atoms with Crippen molar-refractivity contribution in [3.05, 3.63) is 29.8 Å². The van der Waals surface area contributed by atoms with Gasteiger partial charge in [-0.3, -0.25) is 4.79 Å². The molecule has 0 spiro atoms. The summed E-state index contributed by atoms with van der Waals surface area (Å²) in [5.41, 5.74) is 1.12. The monoisotopic (exact) mass is 403 g/mol. The summed E-state index contributed by atoms with van der Waals surface area (Å²) in [6.45, 7) is 6.54. The van der Waals surface area contributed by atoms with Crippen LogP contribution < -0.4 is 10.1 Å². The molecule has 0 saturated carbocycles. The molecule has 0 atom stereocenters. The highest BCUT2D eigenvalue weighted by Gasteiger charge is 2.40. The number of rotatable bonds is 7. The van der Waals surface area contributed by atoms with Crippen molar-refractivity contribution in [2.45, 2.75) is 57.7 Å². The smallest absolute Gasteiger partial charge is 0.318 e. The number of ether oxygens (including phenoxy) is 2. The Bertz CT molecular complexity index is 680. The van der Waals surface area contributed by atoms with Crippen molar-refractivity contribution < 1.29 is 19.1 Å². The Morgan fingerprint density at radius 2 is 1.83 bits per heavy atom. The minimum absolute atomic E-state index is 0.0257. The number of hydrogen-bond acceptors (Lipinski definition) is 4.